The van der Waals surface area contributed by atoms with E-state index in [2.05, 4.69) is 0 Å². The van der Waals surface area contributed by atoms with E-state index in [0.29, 0.717) is 11.1 Å². The standard InChI is InChI=1S/C12H10O6/c13-9-4-8-3-6(10(14)15)1-2-7(8)5-12(9,18)11(16)17/h1-4,13,18H,5H2,(H,14,15)(H,16,17). The summed E-state index contributed by atoms with van der Waals surface area (Å²) in [5.41, 5.74) is -1.47. The van der Waals surface area contributed by atoms with Gasteiger partial charge in [0, 0.05) is 6.42 Å². The number of aliphatic hydroxyl groups excluding tert-OH is 1. The zero-order chi connectivity index (χ0) is 13.5. The minimum Gasteiger partial charge on any atom is -0.509 e. The molecule has 94 valence electrons. The number of carboxylic acid groups (broad SMARTS) is 2. The van der Waals surface area contributed by atoms with Gasteiger partial charge in [0.15, 0.2) is 0 Å². The van der Waals surface area contributed by atoms with E-state index in [0.717, 1.165) is 6.08 Å². The van der Waals surface area contributed by atoms with Crippen LogP contribution in [0.2, 0.25) is 0 Å². The predicted molar refractivity (Wildman–Crippen MR) is 60.3 cm³/mol. The summed E-state index contributed by atoms with van der Waals surface area (Å²) in [6.07, 6.45) is 0.763. The maximum Gasteiger partial charge on any atom is 0.344 e. The average Bonchev–Trinajstić information content (AvgIpc) is 2.29. The first kappa shape index (κ1) is 12.1. The largest absolute Gasteiger partial charge is 0.509 e. The van der Waals surface area contributed by atoms with Crippen molar-refractivity contribution in [1.29, 1.82) is 0 Å². The number of aliphatic carboxylic acids is 1. The van der Waals surface area contributed by atoms with Crippen LogP contribution in [0.25, 0.3) is 6.08 Å². The van der Waals surface area contributed by atoms with Crippen LogP contribution in [-0.2, 0) is 11.2 Å². The van der Waals surface area contributed by atoms with Crippen LogP contribution < -0.4 is 0 Å². The highest BCUT2D eigenvalue weighted by molar-refractivity contribution is 5.90. The molecule has 18 heavy (non-hydrogen) atoms. The molecule has 1 atom stereocenters. The van der Waals surface area contributed by atoms with Crippen LogP contribution in [0.1, 0.15) is 21.5 Å². The average molecular weight is 250 g/mol. The molecule has 1 aliphatic carbocycles. The van der Waals surface area contributed by atoms with Crippen LogP contribution >= 0.6 is 0 Å². The molecule has 0 bridgehead atoms. The SMILES string of the molecule is O=C(O)c1ccc2c(c1)C=C(O)C(O)(C(=O)O)C2. The van der Waals surface area contributed by atoms with Gasteiger partial charge in [-0.25, -0.2) is 9.59 Å². The fourth-order valence-corrected chi connectivity index (χ4v) is 1.84. The Bertz CT molecular complexity index is 574. The van der Waals surface area contributed by atoms with Crippen molar-refractivity contribution < 1.29 is 30.0 Å². The van der Waals surface area contributed by atoms with Gasteiger partial charge in [0.25, 0.3) is 0 Å². The van der Waals surface area contributed by atoms with Gasteiger partial charge < -0.3 is 20.4 Å². The highest BCUT2D eigenvalue weighted by Crippen LogP contribution is 2.31. The van der Waals surface area contributed by atoms with Gasteiger partial charge in [0.05, 0.1) is 5.56 Å². The van der Waals surface area contributed by atoms with E-state index in [-0.39, 0.29) is 12.0 Å². The highest BCUT2D eigenvalue weighted by Gasteiger charge is 2.43. The number of fused-ring (bicyclic) bond motifs is 1. The van der Waals surface area contributed by atoms with E-state index in [1.807, 2.05) is 0 Å². The molecule has 0 radical (unpaired) electrons. The first-order chi connectivity index (χ1) is 8.34. The molecule has 0 saturated carbocycles. The van der Waals surface area contributed by atoms with Crippen molar-refractivity contribution in [3.05, 3.63) is 40.6 Å². The van der Waals surface area contributed by atoms with Crippen LogP contribution in [0.5, 0.6) is 0 Å². The molecule has 6 heteroatoms. The lowest BCUT2D eigenvalue weighted by Gasteiger charge is -2.27. The van der Waals surface area contributed by atoms with E-state index in [1.165, 1.54) is 18.2 Å². The first-order valence-electron chi connectivity index (χ1n) is 5.08. The number of hydrogen-bond acceptors (Lipinski definition) is 4. The lowest BCUT2D eigenvalue weighted by Crippen LogP contribution is -2.44. The van der Waals surface area contributed by atoms with Crippen LogP contribution in [0.15, 0.2) is 24.0 Å². The second-order valence-electron chi connectivity index (χ2n) is 4.09. The molecule has 1 aromatic rings. The topological polar surface area (TPSA) is 115 Å². The minimum absolute atomic E-state index is 0.0264. The summed E-state index contributed by atoms with van der Waals surface area (Å²) in [7, 11) is 0. The Morgan fingerprint density at radius 3 is 2.44 bits per heavy atom. The van der Waals surface area contributed by atoms with Gasteiger partial charge in [-0.15, -0.1) is 0 Å². The van der Waals surface area contributed by atoms with Gasteiger partial charge in [-0.2, -0.15) is 0 Å². The molecule has 1 aliphatic rings. The molecule has 0 heterocycles. The summed E-state index contributed by atoms with van der Waals surface area (Å²) in [5.74, 6) is -3.38. The number of aromatic carboxylic acids is 1. The molecule has 0 amide bonds. The van der Waals surface area contributed by atoms with E-state index < -0.39 is 23.3 Å². The van der Waals surface area contributed by atoms with Gasteiger partial charge in [0.2, 0.25) is 5.60 Å². The Morgan fingerprint density at radius 2 is 1.89 bits per heavy atom. The van der Waals surface area contributed by atoms with Crippen molar-refractivity contribution in [3.8, 4) is 0 Å². The van der Waals surface area contributed by atoms with Crippen LogP contribution in [0, 0.1) is 0 Å². The summed E-state index contributed by atoms with van der Waals surface area (Å²) in [4.78, 5) is 21.7. The summed E-state index contributed by atoms with van der Waals surface area (Å²) >= 11 is 0. The maximum atomic E-state index is 10.9. The van der Waals surface area contributed by atoms with Crippen molar-refractivity contribution in [1.82, 2.24) is 0 Å². The molecule has 0 aliphatic heterocycles. The second kappa shape index (κ2) is 3.85. The molecule has 0 fully saturated rings. The smallest absolute Gasteiger partial charge is 0.344 e. The molecule has 1 unspecified atom stereocenters. The quantitative estimate of drug-likeness (QED) is 0.612. The third-order valence-electron chi connectivity index (χ3n) is 2.91. The molecule has 2 rings (SSSR count). The molecular weight excluding hydrogens is 240 g/mol. The Kier molecular flexibility index (Phi) is 2.59. The van der Waals surface area contributed by atoms with E-state index in [4.69, 9.17) is 10.2 Å². The summed E-state index contributed by atoms with van der Waals surface area (Å²) in [5, 5.41) is 37.1. The van der Waals surface area contributed by atoms with Crippen molar-refractivity contribution in [2.24, 2.45) is 0 Å². The fraction of sp³-hybridized carbons (Fsp3) is 0.167. The Hall–Kier alpha value is -2.34. The summed E-state index contributed by atoms with van der Waals surface area (Å²) < 4.78 is 0. The van der Waals surface area contributed by atoms with Gasteiger partial charge >= 0.3 is 11.9 Å². The normalized spacial score (nSPS) is 21.9. The number of aliphatic hydroxyl groups is 2. The summed E-state index contributed by atoms with van der Waals surface area (Å²) in [6.45, 7) is 0. The molecule has 0 spiro atoms. The Morgan fingerprint density at radius 1 is 1.22 bits per heavy atom. The molecule has 0 saturated heterocycles. The molecule has 1 aromatic carbocycles. The van der Waals surface area contributed by atoms with Crippen molar-refractivity contribution in [2.75, 3.05) is 0 Å². The molecule has 6 nitrogen and oxygen atoms in total. The number of carbonyl (C=O) groups is 2. The van der Waals surface area contributed by atoms with Crippen molar-refractivity contribution >= 4 is 18.0 Å². The van der Waals surface area contributed by atoms with Crippen LogP contribution in [-0.4, -0.2) is 38.0 Å². The van der Waals surface area contributed by atoms with Crippen LogP contribution in [0.3, 0.4) is 0 Å². The van der Waals surface area contributed by atoms with Crippen LogP contribution in [0.4, 0.5) is 0 Å². The molecular formula is C12H10O6. The van der Waals surface area contributed by atoms with Gasteiger partial charge in [-0.05, 0) is 29.3 Å². The fourth-order valence-electron chi connectivity index (χ4n) is 1.84. The minimum atomic E-state index is -2.35. The van der Waals surface area contributed by atoms with Crippen molar-refractivity contribution in [2.45, 2.75) is 12.0 Å². The highest BCUT2D eigenvalue weighted by atomic mass is 16.4. The van der Waals surface area contributed by atoms with Gasteiger partial charge in [-0.3, -0.25) is 0 Å². The summed E-state index contributed by atoms with van der Waals surface area (Å²) in [6, 6.07) is 4.06. The predicted octanol–water partition coefficient (Wildman–Crippen LogP) is 0.655. The number of rotatable bonds is 2. The lowest BCUT2D eigenvalue weighted by atomic mass is 9.84. The molecule has 0 aromatic heterocycles. The van der Waals surface area contributed by atoms with E-state index >= 15 is 0 Å². The number of benzene rings is 1. The number of hydrogen-bond donors (Lipinski definition) is 4. The van der Waals surface area contributed by atoms with Crippen molar-refractivity contribution in [3.63, 3.8) is 0 Å². The van der Waals surface area contributed by atoms with Gasteiger partial charge in [0.1, 0.15) is 5.76 Å². The Labute approximate surface area is 101 Å². The molecule has 4 N–H and O–H groups in total. The zero-order valence-electron chi connectivity index (χ0n) is 9.12. The lowest BCUT2D eigenvalue weighted by molar-refractivity contribution is -0.157. The van der Waals surface area contributed by atoms with E-state index in [9.17, 15) is 19.8 Å². The maximum absolute atomic E-state index is 10.9. The third-order valence-corrected chi connectivity index (χ3v) is 2.91. The second-order valence-corrected chi connectivity index (χ2v) is 4.09. The Balaban J connectivity index is 2.53. The first-order valence-corrected chi connectivity index (χ1v) is 5.08. The monoisotopic (exact) mass is 250 g/mol. The third kappa shape index (κ3) is 1.72. The van der Waals surface area contributed by atoms with Gasteiger partial charge in [-0.1, -0.05) is 6.07 Å². The number of carboxylic acids is 2. The van der Waals surface area contributed by atoms with E-state index in [1.54, 1.807) is 0 Å². The zero-order valence-corrected chi connectivity index (χ0v) is 9.12.